The van der Waals surface area contributed by atoms with Crippen molar-refractivity contribution in [1.29, 1.82) is 0 Å². The van der Waals surface area contributed by atoms with Crippen LogP contribution < -0.4 is 15.9 Å². The molecule has 2 amide bonds. The van der Waals surface area contributed by atoms with E-state index in [0.29, 0.717) is 4.41 Å². The van der Waals surface area contributed by atoms with Gasteiger partial charge in [0.15, 0.2) is 0 Å². The number of rotatable bonds is 8. The number of nitrogens with zero attached hydrogens (tertiary/aromatic N) is 1. The fourth-order valence-electron chi connectivity index (χ4n) is 0.895. The van der Waals surface area contributed by atoms with E-state index in [2.05, 4.69) is 5.32 Å². The SMILES string of the molecule is CC(=O)NCN(NS(C)(=O)=O)S(=O)(=O)CCC(N)=O. The molecule has 12 heteroatoms. The summed E-state index contributed by atoms with van der Waals surface area (Å²) in [5, 5.41) is 2.13. The predicted molar refractivity (Wildman–Crippen MR) is 66.1 cm³/mol. The van der Waals surface area contributed by atoms with Gasteiger partial charge in [0.2, 0.25) is 31.9 Å². The summed E-state index contributed by atoms with van der Waals surface area (Å²) in [6.07, 6.45) is 0.279. The van der Waals surface area contributed by atoms with Gasteiger partial charge in [-0.1, -0.05) is 0 Å². The van der Waals surface area contributed by atoms with Crippen LogP contribution in [0.4, 0.5) is 0 Å². The van der Waals surface area contributed by atoms with Crippen LogP contribution in [0.1, 0.15) is 13.3 Å². The molecule has 0 bridgehead atoms. The van der Waals surface area contributed by atoms with E-state index in [1.165, 1.54) is 0 Å². The minimum Gasteiger partial charge on any atom is -0.370 e. The molecule has 112 valence electrons. The number of nitrogens with two attached hydrogens (primary N) is 1. The molecule has 0 saturated heterocycles. The van der Waals surface area contributed by atoms with Crippen molar-refractivity contribution in [3.8, 4) is 0 Å². The Morgan fingerprint density at radius 2 is 1.74 bits per heavy atom. The summed E-state index contributed by atoms with van der Waals surface area (Å²) in [7, 11) is -7.98. The summed E-state index contributed by atoms with van der Waals surface area (Å²) in [6, 6.07) is 0. The molecule has 0 radical (unpaired) electrons. The van der Waals surface area contributed by atoms with Crippen molar-refractivity contribution in [3.05, 3.63) is 0 Å². The highest BCUT2D eigenvalue weighted by Gasteiger charge is 2.25. The zero-order valence-corrected chi connectivity index (χ0v) is 12.0. The monoisotopic (exact) mass is 316 g/mol. The predicted octanol–water partition coefficient (Wildman–Crippen LogP) is -2.95. The van der Waals surface area contributed by atoms with E-state index in [1.54, 1.807) is 4.83 Å². The van der Waals surface area contributed by atoms with Crippen molar-refractivity contribution in [1.82, 2.24) is 14.6 Å². The second kappa shape index (κ2) is 6.79. The van der Waals surface area contributed by atoms with Crippen molar-refractivity contribution >= 4 is 31.9 Å². The first-order valence-corrected chi connectivity index (χ1v) is 8.44. The first-order valence-electron chi connectivity index (χ1n) is 4.94. The molecule has 0 fully saturated rings. The average Bonchev–Trinajstić information content (AvgIpc) is 2.19. The van der Waals surface area contributed by atoms with E-state index >= 15 is 0 Å². The van der Waals surface area contributed by atoms with Crippen molar-refractivity contribution in [3.63, 3.8) is 0 Å². The van der Waals surface area contributed by atoms with Crippen LogP contribution in [-0.2, 0) is 29.6 Å². The lowest BCUT2D eigenvalue weighted by molar-refractivity contribution is -0.119. The van der Waals surface area contributed by atoms with Gasteiger partial charge in [-0.25, -0.2) is 16.8 Å². The highest BCUT2D eigenvalue weighted by Crippen LogP contribution is 2.00. The number of hydrazine groups is 1. The maximum Gasteiger partial charge on any atom is 0.229 e. The van der Waals surface area contributed by atoms with E-state index in [4.69, 9.17) is 5.73 Å². The number of carbonyl (C=O) groups is 2. The van der Waals surface area contributed by atoms with Crippen LogP contribution in [0.15, 0.2) is 0 Å². The summed E-state index contributed by atoms with van der Waals surface area (Å²) in [5.74, 6) is -2.07. The molecule has 4 N–H and O–H groups in total. The summed E-state index contributed by atoms with van der Waals surface area (Å²) in [4.78, 5) is 23.0. The third-order valence-corrected chi connectivity index (χ3v) is 3.96. The lowest BCUT2D eigenvalue weighted by Gasteiger charge is -2.21. The number of amides is 2. The van der Waals surface area contributed by atoms with E-state index in [0.717, 1.165) is 13.2 Å². The van der Waals surface area contributed by atoms with Crippen LogP contribution in [0.5, 0.6) is 0 Å². The molecule has 10 nitrogen and oxygen atoms in total. The highest BCUT2D eigenvalue weighted by atomic mass is 32.2. The molecule has 0 aromatic rings. The number of hydrogen-bond acceptors (Lipinski definition) is 6. The number of primary amides is 1. The van der Waals surface area contributed by atoms with E-state index in [9.17, 15) is 26.4 Å². The minimum absolute atomic E-state index is 0.326. The molecule has 0 heterocycles. The number of carbonyl (C=O) groups excluding carboxylic acids is 2. The fourth-order valence-corrected chi connectivity index (χ4v) is 3.13. The van der Waals surface area contributed by atoms with Crippen LogP contribution >= 0.6 is 0 Å². The first kappa shape index (κ1) is 17.8. The zero-order valence-electron chi connectivity index (χ0n) is 10.4. The Morgan fingerprint density at radius 1 is 1.21 bits per heavy atom. The second-order valence-corrected chi connectivity index (χ2v) is 7.38. The second-order valence-electron chi connectivity index (χ2n) is 3.64. The Hall–Kier alpha value is -1.24. The molecular weight excluding hydrogens is 300 g/mol. The molecule has 19 heavy (non-hydrogen) atoms. The van der Waals surface area contributed by atoms with E-state index < -0.39 is 50.7 Å². The Bertz CT molecular complexity index is 540. The molecule has 0 rings (SSSR count). The smallest absolute Gasteiger partial charge is 0.229 e. The van der Waals surface area contributed by atoms with Crippen molar-refractivity contribution in [2.75, 3.05) is 18.7 Å². The molecule has 0 aliphatic carbocycles. The van der Waals surface area contributed by atoms with Crippen molar-refractivity contribution in [2.24, 2.45) is 5.73 Å². The lowest BCUT2D eigenvalue weighted by Crippen LogP contribution is -2.51. The number of sulfonamides is 2. The Balaban J connectivity index is 4.99. The van der Waals surface area contributed by atoms with Gasteiger partial charge in [0, 0.05) is 13.3 Å². The highest BCUT2D eigenvalue weighted by molar-refractivity contribution is 7.91. The van der Waals surface area contributed by atoms with Gasteiger partial charge in [0.1, 0.15) is 6.67 Å². The summed E-state index contributed by atoms with van der Waals surface area (Å²) in [5.41, 5.74) is 4.82. The van der Waals surface area contributed by atoms with Gasteiger partial charge in [-0.3, -0.25) is 9.59 Å². The summed E-state index contributed by atoms with van der Waals surface area (Å²) < 4.78 is 46.0. The quantitative estimate of drug-likeness (QED) is 0.321. The standard InChI is InChI=1S/C7H16N4O6S2/c1-6(12)9-5-11(10-18(2,14)15)19(16,17)4-3-7(8)13/h10H,3-5H2,1-2H3,(H2,8,13)(H,9,12). The Kier molecular flexibility index (Phi) is 6.35. The van der Waals surface area contributed by atoms with Gasteiger partial charge in [-0.15, -0.1) is 9.25 Å². The number of nitrogens with one attached hydrogen (secondary N) is 2. The summed E-state index contributed by atoms with van der Waals surface area (Å²) in [6.45, 7) is 0.540. The lowest BCUT2D eigenvalue weighted by atomic mass is 10.5. The van der Waals surface area contributed by atoms with Gasteiger partial charge < -0.3 is 11.1 Å². The van der Waals surface area contributed by atoms with Crippen LogP contribution in [0.25, 0.3) is 0 Å². The Morgan fingerprint density at radius 3 is 2.11 bits per heavy atom. The minimum atomic E-state index is -4.12. The molecule has 0 aliphatic heterocycles. The van der Waals surface area contributed by atoms with Crippen molar-refractivity contribution < 1.29 is 26.4 Å². The number of hydrogen-bond donors (Lipinski definition) is 3. The molecular formula is C7H16N4O6S2. The molecule has 0 unspecified atom stereocenters. The normalized spacial score (nSPS) is 12.4. The van der Waals surface area contributed by atoms with Crippen LogP contribution in [0.3, 0.4) is 0 Å². The van der Waals surface area contributed by atoms with Gasteiger partial charge in [0.25, 0.3) is 0 Å². The van der Waals surface area contributed by atoms with E-state index in [1.807, 2.05) is 0 Å². The molecule has 0 saturated carbocycles. The maximum absolute atomic E-state index is 11.8. The van der Waals surface area contributed by atoms with Gasteiger partial charge in [0.05, 0.1) is 12.0 Å². The third-order valence-electron chi connectivity index (χ3n) is 1.68. The van der Waals surface area contributed by atoms with Gasteiger partial charge >= 0.3 is 0 Å². The van der Waals surface area contributed by atoms with E-state index in [-0.39, 0.29) is 0 Å². The van der Waals surface area contributed by atoms with Crippen LogP contribution in [0, 0.1) is 0 Å². The van der Waals surface area contributed by atoms with Gasteiger partial charge in [-0.05, 0) is 0 Å². The molecule has 0 aliphatic rings. The summed E-state index contributed by atoms with van der Waals surface area (Å²) >= 11 is 0. The topological polar surface area (TPSA) is 156 Å². The fraction of sp³-hybridized carbons (Fsp3) is 0.714. The average molecular weight is 316 g/mol. The Labute approximate surface area is 111 Å². The van der Waals surface area contributed by atoms with Gasteiger partial charge in [-0.2, -0.15) is 0 Å². The molecule has 0 spiro atoms. The molecule has 0 atom stereocenters. The molecule has 0 aromatic carbocycles. The maximum atomic E-state index is 11.8. The van der Waals surface area contributed by atoms with Crippen LogP contribution in [0.2, 0.25) is 0 Å². The zero-order chi connectivity index (χ0) is 15.3. The largest absolute Gasteiger partial charge is 0.370 e. The van der Waals surface area contributed by atoms with Crippen LogP contribution in [-0.4, -0.2) is 51.7 Å². The third kappa shape index (κ3) is 8.47. The first-order chi connectivity index (χ1) is 8.44. The van der Waals surface area contributed by atoms with Crippen molar-refractivity contribution in [2.45, 2.75) is 13.3 Å². The molecule has 0 aromatic heterocycles.